The maximum atomic E-state index is 4.49. The van der Waals surface area contributed by atoms with Gasteiger partial charge in [-0.2, -0.15) is 0 Å². The molecule has 1 nitrogen and oxygen atoms in total. The van der Waals surface area contributed by atoms with Gasteiger partial charge in [-0.25, -0.2) is 0 Å². The van der Waals surface area contributed by atoms with Crippen molar-refractivity contribution in [2.75, 3.05) is 6.61 Å². The third-order valence-corrected chi connectivity index (χ3v) is 0.645. The van der Waals surface area contributed by atoms with Crippen LogP contribution in [-0.2, 0) is 1.44 Å². The van der Waals surface area contributed by atoms with Gasteiger partial charge in [-0.1, -0.05) is 0 Å². The molecule has 0 rings (SSSR count). The van der Waals surface area contributed by atoms with Crippen molar-refractivity contribution >= 4 is 0 Å². The second-order valence-electron chi connectivity index (χ2n) is 0.376. The van der Waals surface area contributed by atoms with E-state index in [-0.39, 0.29) is 0 Å². The molecule has 0 radical (unpaired) electrons. The first kappa shape index (κ1) is 5.22. The summed E-state index contributed by atoms with van der Waals surface area (Å²) >= 11 is 2.00. The van der Waals surface area contributed by atoms with Crippen LogP contribution in [0.1, 0.15) is 6.92 Å². The summed E-state index contributed by atoms with van der Waals surface area (Å²) in [6.45, 7) is 2.74. The standard InChI is InChI=1S/C2H5O.Ho/c1-2-3;/h2H2,1H3;/q-1;+1. The van der Waals surface area contributed by atoms with Crippen molar-refractivity contribution in [3.05, 3.63) is 0 Å². The Bertz CT molecular complexity index is 8.00. The van der Waals surface area contributed by atoms with Gasteiger partial charge in [0.15, 0.2) is 0 Å². The Labute approximate surface area is 51.0 Å². The Kier molecular flexibility index (Phi) is 5.51. The second kappa shape index (κ2) is 4.22. The monoisotopic (exact) mass is 210 g/mol. The minimum absolute atomic E-state index is 0.795. The van der Waals surface area contributed by atoms with Crippen LogP contribution >= 0.6 is 0 Å². The molecule has 0 atom stereocenters. The van der Waals surface area contributed by atoms with E-state index in [9.17, 15) is 0 Å². The van der Waals surface area contributed by atoms with Crippen molar-refractivity contribution in [1.82, 2.24) is 0 Å². The molecule has 0 aliphatic rings. The van der Waals surface area contributed by atoms with Crippen LogP contribution < -0.4 is 0 Å². The van der Waals surface area contributed by atoms with Crippen LogP contribution in [0.5, 0.6) is 0 Å². The SMILES string of the molecule is CC[O][Ho]. The summed E-state index contributed by atoms with van der Waals surface area (Å²) < 4.78 is 4.49. The Morgan fingerprint density at radius 3 is 2.25 bits per heavy atom. The van der Waals surface area contributed by atoms with Gasteiger partial charge < -0.3 is 0 Å². The molecule has 0 saturated carbocycles. The molecular formula is C2H5HoO. The summed E-state index contributed by atoms with van der Waals surface area (Å²) in [5.74, 6) is 0. The van der Waals surface area contributed by atoms with E-state index in [1.807, 2.05) is 43.3 Å². The summed E-state index contributed by atoms with van der Waals surface area (Å²) in [6, 6.07) is 0. The zero-order chi connectivity index (χ0) is 3.41. The van der Waals surface area contributed by atoms with Gasteiger partial charge in [0.05, 0.1) is 0 Å². The molecule has 0 amide bonds. The van der Waals surface area contributed by atoms with Gasteiger partial charge in [0.25, 0.3) is 0 Å². The van der Waals surface area contributed by atoms with Crippen molar-refractivity contribution in [3.8, 4) is 0 Å². The molecule has 0 aromatic heterocycles. The quantitative estimate of drug-likeness (QED) is 0.572. The third-order valence-electron chi connectivity index (χ3n) is 0.0870. The van der Waals surface area contributed by atoms with Crippen LogP contribution in [0.3, 0.4) is 0 Å². The molecule has 0 aliphatic carbocycles. The van der Waals surface area contributed by atoms with Crippen LogP contribution in [0.15, 0.2) is 0 Å². The molecule has 0 heterocycles. The van der Waals surface area contributed by atoms with Gasteiger partial charge >= 0.3 is 51.3 Å². The predicted octanol–water partition coefficient (Wildman–Crippen LogP) is 0.487. The van der Waals surface area contributed by atoms with Crippen LogP contribution in [0.4, 0.5) is 0 Å². The Morgan fingerprint density at radius 2 is 2.25 bits per heavy atom. The summed E-state index contributed by atoms with van der Waals surface area (Å²) in [5, 5.41) is 0. The van der Waals surface area contributed by atoms with Gasteiger partial charge in [-0.3, -0.25) is 0 Å². The van der Waals surface area contributed by atoms with Crippen molar-refractivity contribution in [1.29, 1.82) is 0 Å². The molecule has 0 aromatic carbocycles. The Morgan fingerprint density at radius 1 is 2.00 bits per heavy atom. The molecule has 0 N–H and O–H groups in total. The molecule has 0 fully saturated rings. The fourth-order valence-electron chi connectivity index (χ4n) is 0. The molecule has 0 aromatic rings. The molecule has 4 heavy (non-hydrogen) atoms. The number of hydrogen-bond donors (Lipinski definition) is 0. The fourth-order valence-corrected chi connectivity index (χ4v) is 0. The van der Waals surface area contributed by atoms with Crippen LogP contribution in [-0.4, -0.2) is 6.61 Å². The van der Waals surface area contributed by atoms with E-state index in [1.165, 1.54) is 0 Å². The fraction of sp³-hybridized carbons (Fsp3) is 1.00. The molecule has 30 valence electrons. The molecule has 0 bridgehead atoms. The first-order valence-corrected chi connectivity index (χ1v) is 1.91. The first-order chi connectivity index (χ1) is 1.91. The zero-order valence-corrected chi connectivity index (χ0v) is 4.35. The molecule has 0 unspecified atom stereocenters. The maximum absolute atomic E-state index is 4.49. The van der Waals surface area contributed by atoms with Crippen molar-refractivity contribution < 1.29 is 37.8 Å². The Balaban J connectivity index is 1.97. The van der Waals surface area contributed by atoms with Crippen molar-refractivity contribution in [2.45, 2.75) is 6.92 Å². The summed E-state index contributed by atoms with van der Waals surface area (Å²) in [4.78, 5) is 0. The average Bonchev–Trinajstić information content (AvgIpc) is 1.37. The van der Waals surface area contributed by atoms with E-state index >= 15 is 0 Å². The van der Waals surface area contributed by atoms with Gasteiger partial charge in [0, 0.05) is 0 Å². The van der Waals surface area contributed by atoms with E-state index in [0.717, 1.165) is 6.61 Å². The molecular weight excluding hydrogens is 205 g/mol. The number of rotatable bonds is 1. The van der Waals surface area contributed by atoms with Gasteiger partial charge in [0.2, 0.25) is 0 Å². The normalized spacial score (nSPS) is 7.75. The molecule has 2 heteroatoms. The Hall–Kier alpha value is 1.22. The second-order valence-corrected chi connectivity index (χ2v) is 0.934. The summed E-state index contributed by atoms with van der Waals surface area (Å²) in [6.07, 6.45) is 0. The third kappa shape index (κ3) is 3.22. The van der Waals surface area contributed by atoms with E-state index in [1.54, 1.807) is 0 Å². The van der Waals surface area contributed by atoms with E-state index in [4.69, 9.17) is 0 Å². The minimum atomic E-state index is 0.795. The van der Waals surface area contributed by atoms with Gasteiger partial charge in [-0.15, -0.1) is 0 Å². The van der Waals surface area contributed by atoms with E-state index < -0.39 is 0 Å². The van der Waals surface area contributed by atoms with Crippen molar-refractivity contribution in [3.63, 3.8) is 0 Å². The van der Waals surface area contributed by atoms with Crippen LogP contribution in [0.2, 0.25) is 0 Å². The predicted molar refractivity (Wildman–Crippen MR) is 11.6 cm³/mol. The van der Waals surface area contributed by atoms with Gasteiger partial charge in [-0.05, 0) is 0 Å². The van der Waals surface area contributed by atoms with Crippen molar-refractivity contribution in [2.24, 2.45) is 0 Å². The van der Waals surface area contributed by atoms with E-state index in [0.29, 0.717) is 0 Å². The topological polar surface area (TPSA) is 9.23 Å². The van der Waals surface area contributed by atoms with E-state index in [2.05, 4.69) is 1.44 Å². The molecule has 0 saturated heterocycles. The summed E-state index contributed by atoms with van der Waals surface area (Å²) in [7, 11) is 0. The molecule has 0 spiro atoms. The zero-order valence-electron chi connectivity index (χ0n) is 2.42. The van der Waals surface area contributed by atoms with Crippen LogP contribution in [0.25, 0.3) is 0 Å². The van der Waals surface area contributed by atoms with Crippen LogP contribution in [0, 0.1) is 36.3 Å². The molecule has 0 aliphatic heterocycles. The average molecular weight is 210 g/mol. The number of hydrogen-bond acceptors (Lipinski definition) is 1. The van der Waals surface area contributed by atoms with Gasteiger partial charge in [0.1, 0.15) is 0 Å². The first-order valence-electron chi connectivity index (χ1n) is 1.12. The summed E-state index contributed by atoms with van der Waals surface area (Å²) in [5.41, 5.74) is 0.